The van der Waals surface area contributed by atoms with Crippen molar-refractivity contribution in [2.75, 3.05) is 7.11 Å². The third kappa shape index (κ3) is 3.22. The van der Waals surface area contributed by atoms with Crippen LogP contribution in [0.5, 0.6) is 5.75 Å². The number of hydrogen-bond acceptors (Lipinski definition) is 4. The lowest BCUT2D eigenvalue weighted by Crippen LogP contribution is -2.34. The average molecular weight is 300 g/mol. The van der Waals surface area contributed by atoms with Crippen LogP contribution in [0.1, 0.15) is 36.4 Å². The van der Waals surface area contributed by atoms with E-state index in [2.05, 4.69) is 11.4 Å². The van der Waals surface area contributed by atoms with Gasteiger partial charge < -0.3 is 14.5 Å². The molecule has 116 valence electrons. The van der Waals surface area contributed by atoms with Crippen LogP contribution in [0.25, 0.3) is 11.0 Å². The summed E-state index contributed by atoms with van der Waals surface area (Å²) in [5.41, 5.74) is 1.08. The molecule has 0 spiro atoms. The van der Waals surface area contributed by atoms with Gasteiger partial charge in [-0.05, 0) is 37.5 Å². The molecule has 0 unspecified atom stereocenters. The van der Waals surface area contributed by atoms with E-state index >= 15 is 0 Å². The predicted molar refractivity (Wildman–Crippen MR) is 83.8 cm³/mol. The van der Waals surface area contributed by atoms with Crippen LogP contribution in [0.3, 0.4) is 0 Å². The van der Waals surface area contributed by atoms with Crippen molar-refractivity contribution < 1.29 is 13.9 Å². The van der Waals surface area contributed by atoms with E-state index in [9.17, 15) is 10.1 Å². The molecule has 2 aromatic rings. The number of nitrogens with zero attached hydrogens (tertiary/aromatic N) is 1. The molecule has 0 saturated carbocycles. The monoisotopic (exact) mass is 300 g/mol. The largest absolute Gasteiger partial charge is 0.497 e. The number of methoxy groups -OCH3 is 1. The van der Waals surface area contributed by atoms with E-state index < -0.39 is 6.04 Å². The van der Waals surface area contributed by atoms with Gasteiger partial charge in [0.05, 0.1) is 18.7 Å². The smallest absolute Gasteiger partial charge is 0.256 e. The first-order chi connectivity index (χ1) is 10.5. The number of furan rings is 1. The highest BCUT2D eigenvalue weighted by Crippen LogP contribution is 2.29. The second-order valence-electron chi connectivity index (χ2n) is 5.68. The second kappa shape index (κ2) is 6.52. The van der Waals surface area contributed by atoms with Crippen LogP contribution in [0.15, 0.2) is 22.6 Å². The van der Waals surface area contributed by atoms with Crippen molar-refractivity contribution in [3.8, 4) is 11.8 Å². The minimum Gasteiger partial charge on any atom is -0.497 e. The molecule has 0 radical (unpaired) electrons. The topological polar surface area (TPSA) is 75.3 Å². The first-order valence-corrected chi connectivity index (χ1v) is 7.23. The molecular weight excluding hydrogens is 280 g/mol. The van der Waals surface area contributed by atoms with Gasteiger partial charge in [-0.2, -0.15) is 5.26 Å². The van der Waals surface area contributed by atoms with Crippen molar-refractivity contribution in [2.24, 2.45) is 5.92 Å². The van der Waals surface area contributed by atoms with Gasteiger partial charge in [-0.25, -0.2) is 0 Å². The minimum absolute atomic E-state index is 0.295. The summed E-state index contributed by atoms with van der Waals surface area (Å²) in [6.07, 6.45) is 0.612. The van der Waals surface area contributed by atoms with E-state index in [4.69, 9.17) is 9.15 Å². The number of amides is 1. The minimum atomic E-state index is -0.512. The maximum atomic E-state index is 12.5. The molecule has 1 N–H and O–H groups in total. The third-order valence-electron chi connectivity index (χ3n) is 3.47. The number of hydrogen-bond donors (Lipinski definition) is 1. The Morgan fingerprint density at radius 2 is 2.18 bits per heavy atom. The number of carbonyl (C=O) groups excluding carboxylic acids is 1. The van der Waals surface area contributed by atoms with Crippen molar-refractivity contribution in [3.05, 3.63) is 29.5 Å². The number of nitriles is 1. The molecule has 1 aromatic heterocycles. The summed E-state index contributed by atoms with van der Waals surface area (Å²) in [4.78, 5) is 12.5. The normalized spacial score (nSPS) is 12.2. The van der Waals surface area contributed by atoms with Gasteiger partial charge in [-0.15, -0.1) is 0 Å². The predicted octanol–water partition coefficient (Wildman–Crippen LogP) is 3.42. The summed E-state index contributed by atoms with van der Waals surface area (Å²) in [5.74, 6) is 1.22. The third-order valence-corrected chi connectivity index (χ3v) is 3.47. The highest BCUT2D eigenvalue weighted by molar-refractivity contribution is 6.07. The molecule has 5 nitrogen and oxygen atoms in total. The zero-order valence-corrected chi connectivity index (χ0v) is 13.3. The summed E-state index contributed by atoms with van der Waals surface area (Å²) in [5, 5.41) is 12.6. The molecule has 5 heteroatoms. The van der Waals surface area contributed by atoms with Gasteiger partial charge in [0.25, 0.3) is 5.91 Å². The van der Waals surface area contributed by atoms with Crippen molar-refractivity contribution >= 4 is 16.9 Å². The number of nitrogens with one attached hydrogen (secondary N) is 1. The van der Waals surface area contributed by atoms with E-state index in [1.165, 1.54) is 0 Å². The number of rotatable bonds is 5. The van der Waals surface area contributed by atoms with Crippen LogP contribution < -0.4 is 10.1 Å². The fourth-order valence-corrected chi connectivity index (χ4v) is 2.45. The molecule has 0 aliphatic carbocycles. The van der Waals surface area contributed by atoms with E-state index in [1.54, 1.807) is 32.2 Å². The fraction of sp³-hybridized carbons (Fsp3) is 0.412. The molecule has 0 aliphatic rings. The Labute approximate surface area is 129 Å². The van der Waals surface area contributed by atoms with Crippen LogP contribution in [-0.4, -0.2) is 19.1 Å². The first-order valence-electron chi connectivity index (χ1n) is 7.23. The molecule has 1 amide bonds. The second-order valence-corrected chi connectivity index (χ2v) is 5.68. The van der Waals surface area contributed by atoms with E-state index in [1.807, 2.05) is 13.8 Å². The maximum Gasteiger partial charge on any atom is 0.256 e. The molecule has 0 fully saturated rings. The Bertz CT molecular complexity index is 725. The van der Waals surface area contributed by atoms with E-state index in [0.29, 0.717) is 40.4 Å². The highest BCUT2D eigenvalue weighted by atomic mass is 16.5. The molecule has 0 aliphatic heterocycles. The van der Waals surface area contributed by atoms with Crippen LogP contribution in [0.2, 0.25) is 0 Å². The van der Waals surface area contributed by atoms with Gasteiger partial charge in [0.2, 0.25) is 0 Å². The molecule has 1 heterocycles. The van der Waals surface area contributed by atoms with Gasteiger partial charge in [0, 0.05) is 5.39 Å². The zero-order chi connectivity index (χ0) is 16.3. The van der Waals surface area contributed by atoms with Gasteiger partial charge in [-0.3, -0.25) is 4.79 Å². The van der Waals surface area contributed by atoms with Gasteiger partial charge in [0.1, 0.15) is 23.1 Å². The summed E-state index contributed by atoms with van der Waals surface area (Å²) in [6.45, 7) is 5.77. The number of fused-ring (bicyclic) bond motifs is 1. The fourth-order valence-electron chi connectivity index (χ4n) is 2.45. The molecule has 2 rings (SSSR count). The Balaban J connectivity index is 2.35. The van der Waals surface area contributed by atoms with Gasteiger partial charge in [-0.1, -0.05) is 13.8 Å². The van der Waals surface area contributed by atoms with Gasteiger partial charge in [0.15, 0.2) is 0 Å². The first kappa shape index (κ1) is 15.9. The average Bonchev–Trinajstić information content (AvgIpc) is 2.80. The summed E-state index contributed by atoms with van der Waals surface area (Å²) >= 11 is 0. The Morgan fingerprint density at radius 3 is 2.77 bits per heavy atom. The summed E-state index contributed by atoms with van der Waals surface area (Å²) < 4.78 is 10.8. The van der Waals surface area contributed by atoms with Crippen molar-refractivity contribution in [1.82, 2.24) is 5.32 Å². The molecule has 0 saturated heterocycles. The maximum absolute atomic E-state index is 12.5. The van der Waals surface area contributed by atoms with Crippen LogP contribution in [-0.2, 0) is 0 Å². The quantitative estimate of drug-likeness (QED) is 0.918. The molecule has 0 bridgehead atoms. The lowest BCUT2D eigenvalue weighted by Gasteiger charge is -2.13. The molecule has 1 aromatic carbocycles. The Kier molecular flexibility index (Phi) is 4.71. The Hall–Kier alpha value is -2.48. The number of aryl methyl sites for hydroxylation is 1. The highest BCUT2D eigenvalue weighted by Gasteiger charge is 2.21. The van der Waals surface area contributed by atoms with E-state index in [0.717, 1.165) is 0 Å². The molecule has 22 heavy (non-hydrogen) atoms. The lowest BCUT2D eigenvalue weighted by atomic mass is 10.0. The standard InChI is InChI=1S/C17H20N2O3/c1-10(2)7-12(9-18)19-17(20)16-11(3)22-15-6-5-13(21-4)8-14(15)16/h5-6,8,10,12H,7H2,1-4H3,(H,19,20)/t12-/m1/s1. The number of carbonyl (C=O) groups is 1. The van der Waals surface area contributed by atoms with Crippen LogP contribution >= 0.6 is 0 Å². The van der Waals surface area contributed by atoms with Crippen LogP contribution in [0.4, 0.5) is 0 Å². The summed E-state index contributed by atoms with van der Waals surface area (Å²) in [6, 6.07) is 6.94. The zero-order valence-electron chi connectivity index (χ0n) is 13.3. The SMILES string of the molecule is COc1ccc2oc(C)c(C(=O)N[C@@H](C#N)CC(C)C)c2c1. The molecule has 1 atom stereocenters. The Morgan fingerprint density at radius 1 is 1.45 bits per heavy atom. The van der Waals surface area contributed by atoms with Gasteiger partial charge >= 0.3 is 0 Å². The number of benzene rings is 1. The van der Waals surface area contributed by atoms with Crippen molar-refractivity contribution in [3.63, 3.8) is 0 Å². The lowest BCUT2D eigenvalue weighted by molar-refractivity contribution is 0.0942. The summed E-state index contributed by atoms with van der Waals surface area (Å²) in [7, 11) is 1.57. The van der Waals surface area contributed by atoms with Crippen molar-refractivity contribution in [1.29, 1.82) is 5.26 Å². The van der Waals surface area contributed by atoms with Crippen molar-refractivity contribution in [2.45, 2.75) is 33.2 Å². The molecular formula is C17H20N2O3. The number of ether oxygens (including phenoxy) is 1. The van der Waals surface area contributed by atoms with Crippen LogP contribution in [0, 0.1) is 24.2 Å². The van der Waals surface area contributed by atoms with E-state index in [-0.39, 0.29) is 5.91 Å².